The molecule has 4 heteroatoms. The second-order valence-corrected chi connectivity index (χ2v) is 5.02. The molecule has 0 unspecified atom stereocenters. The highest BCUT2D eigenvalue weighted by atomic mass is 16.3. The topological polar surface area (TPSA) is 54.3 Å². The summed E-state index contributed by atoms with van der Waals surface area (Å²) in [6.45, 7) is 1.33. The minimum atomic E-state index is 0.139. The van der Waals surface area contributed by atoms with Crippen LogP contribution in [-0.2, 0) is 11.3 Å². The zero-order valence-electron chi connectivity index (χ0n) is 10.8. The van der Waals surface area contributed by atoms with E-state index >= 15 is 0 Å². The normalized spacial score (nSPS) is 14.7. The Labute approximate surface area is 112 Å². The van der Waals surface area contributed by atoms with E-state index in [2.05, 4.69) is 10.6 Å². The van der Waals surface area contributed by atoms with Gasteiger partial charge in [-0.1, -0.05) is 18.2 Å². The Morgan fingerprint density at radius 1 is 1.32 bits per heavy atom. The van der Waals surface area contributed by atoms with Gasteiger partial charge in [0.05, 0.1) is 6.54 Å². The summed E-state index contributed by atoms with van der Waals surface area (Å²) in [5, 5.41) is 7.32. The average Bonchev–Trinajstić information content (AvgIpc) is 3.11. The largest absolute Gasteiger partial charge is 0.460 e. The second-order valence-electron chi connectivity index (χ2n) is 5.02. The van der Waals surface area contributed by atoms with Crippen LogP contribution in [-0.4, -0.2) is 18.5 Å². The molecule has 2 N–H and O–H groups in total. The number of hydrogen-bond donors (Lipinski definition) is 2. The smallest absolute Gasteiger partial charge is 0.221 e. The molecule has 0 atom stereocenters. The van der Waals surface area contributed by atoms with Crippen molar-refractivity contribution in [3.05, 3.63) is 36.1 Å². The zero-order valence-corrected chi connectivity index (χ0v) is 10.8. The molecule has 1 aliphatic carbocycles. The molecule has 4 nitrogen and oxygen atoms in total. The van der Waals surface area contributed by atoms with Crippen LogP contribution in [0.25, 0.3) is 11.0 Å². The molecule has 1 heterocycles. The number of para-hydroxylation sites is 1. The first-order valence-corrected chi connectivity index (χ1v) is 6.79. The SMILES string of the molecule is O=C(CCNCc1cc2ccccc2o1)NC1CC1. The third-order valence-electron chi connectivity index (χ3n) is 3.25. The molecule has 100 valence electrons. The van der Waals surface area contributed by atoms with Crippen molar-refractivity contribution in [1.82, 2.24) is 10.6 Å². The maximum atomic E-state index is 11.5. The molecular weight excluding hydrogens is 240 g/mol. The Balaban J connectivity index is 1.42. The maximum Gasteiger partial charge on any atom is 0.221 e. The molecule has 1 saturated carbocycles. The van der Waals surface area contributed by atoms with Gasteiger partial charge in [-0.2, -0.15) is 0 Å². The van der Waals surface area contributed by atoms with Crippen molar-refractivity contribution in [3.63, 3.8) is 0 Å². The van der Waals surface area contributed by atoms with E-state index in [0.29, 0.717) is 25.6 Å². The van der Waals surface area contributed by atoms with Gasteiger partial charge in [0.2, 0.25) is 5.91 Å². The summed E-state index contributed by atoms with van der Waals surface area (Å²) in [4.78, 5) is 11.5. The monoisotopic (exact) mass is 258 g/mol. The van der Waals surface area contributed by atoms with Crippen molar-refractivity contribution in [2.45, 2.75) is 31.8 Å². The third kappa shape index (κ3) is 3.35. The van der Waals surface area contributed by atoms with E-state index in [1.54, 1.807) is 0 Å². The molecule has 0 saturated heterocycles. The summed E-state index contributed by atoms with van der Waals surface area (Å²) in [6.07, 6.45) is 2.80. The van der Waals surface area contributed by atoms with E-state index in [4.69, 9.17) is 4.42 Å². The number of fused-ring (bicyclic) bond motifs is 1. The van der Waals surface area contributed by atoms with Crippen LogP contribution < -0.4 is 10.6 Å². The lowest BCUT2D eigenvalue weighted by atomic mass is 10.2. The predicted octanol–water partition coefficient (Wildman–Crippen LogP) is 2.19. The number of hydrogen-bond acceptors (Lipinski definition) is 3. The molecule has 0 radical (unpaired) electrons. The Bertz CT molecular complexity index is 539. The van der Waals surface area contributed by atoms with Crippen LogP contribution in [0.15, 0.2) is 34.7 Å². The number of amides is 1. The van der Waals surface area contributed by atoms with Gasteiger partial charge in [0.15, 0.2) is 0 Å². The molecule has 19 heavy (non-hydrogen) atoms. The fourth-order valence-corrected chi connectivity index (χ4v) is 2.06. The van der Waals surface area contributed by atoms with Crippen LogP contribution in [0.5, 0.6) is 0 Å². The quantitative estimate of drug-likeness (QED) is 0.781. The Morgan fingerprint density at radius 3 is 2.95 bits per heavy atom. The summed E-state index contributed by atoms with van der Waals surface area (Å²) in [7, 11) is 0. The molecular formula is C15H18N2O2. The van der Waals surface area contributed by atoms with Gasteiger partial charge in [0.25, 0.3) is 0 Å². The lowest BCUT2D eigenvalue weighted by Gasteiger charge is -2.03. The second kappa shape index (κ2) is 5.45. The van der Waals surface area contributed by atoms with Crippen LogP contribution in [0.3, 0.4) is 0 Å². The van der Waals surface area contributed by atoms with Crippen molar-refractivity contribution >= 4 is 16.9 Å². The number of benzene rings is 1. The molecule has 1 aliphatic rings. The molecule has 1 amide bonds. The van der Waals surface area contributed by atoms with Gasteiger partial charge in [-0.3, -0.25) is 4.79 Å². The number of carbonyl (C=O) groups is 1. The lowest BCUT2D eigenvalue weighted by molar-refractivity contribution is -0.121. The molecule has 1 fully saturated rings. The van der Waals surface area contributed by atoms with E-state index in [-0.39, 0.29) is 5.91 Å². The van der Waals surface area contributed by atoms with Gasteiger partial charge in [0.1, 0.15) is 11.3 Å². The van der Waals surface area contributed by atoms with Crippen LogP contribution in [0.1, 0.15) is 25.0 Å². The maximum absolute atomic E-state index is 11.5. The van der Waals surface area contributed by atoms with Gasteiger partial charge in [-0.25, -0.2) is 0 Å². The average molecular weight is 258 g/mol. The molecule has 3 rings (SSSR count). The minimum absolute atomic E-state index is 0.139. The Hall–Kier alpha value is -1.81. The summed E-state index contributed by atoms with van der Waals surface area (Å²) >= 11 is 0. The highest BCUT2D eigenvalue weighted by Crippen LogP contribution is 2.19. The first-order chi connectivity index (χ1) is 9.31. The van der Waals surface area contributed by atoms with Gasteiger partial charge < -0.3 is 15.1 Å². The predicted molar refractivity (Wildman–Crippen MR) is 73.7 cm³/mol. The van der Waals surface area contributed by atoms with Gasteiger partial charge in [-0.15, -0.1) is 0 Å². The molecule has 1 aromatic carbocycles. The van der Waals surface area contributed by atoms with Crippen molar-refractivity contribution in [2.75, 3.05) is 6.54 Å². The highest BCUT2D eigenvalue weighted by Gasteiger charge is 2.22. The van der Waals surface area contributed by atoms with Gasteiger partial charge in [0, 0.05) is 24.4 Å². The number of rotatable bonds is 6. The van der Waals surface area contributed by atoms with Gasteiger partial charge in [-0.05, 0) is 25.0 Å². The van der Waals surface area contributed by atoms with Crippen LogP contribution in [0.4, 0.5) is 0 Å². The van der Waals surface area contributed by atoms with Crippen molar-refractivity contribution in [1.29, 1.82) is 0 Å². The van der Waals surface area contributed by atoms with E-state index in [9.17, 15) is 4.79 Å². The van der Waals surface area contributed by atoms with Gasteiger partial charge >= 0.3 is 0 Å². The molecule has 0 spiro atoms. The number of nitrogens with one attached hydrogen (secondary N) is 2. The highest BCUT2D eigenvalue weighted by molar-refractivity contribution is 5.77. The first kappa shape index (κ1) is 12.2. The minimum Gasteiger partial charge on any atom is -0.460 e. The summed E-state index contributed by atoms with van der Waals surface area (Å²) in [6, 6.07) is 10.4. The van der Waals surface area contributed by atoms with Crippen LogP contribution in [0, 0.1) is 0 Å². The van der Waals surface area contributed by atoms with Crippen molar-refractivity contribution in [3.8, 4) is 0 Å². The third-order valence-corrected chi connectivity index (χ3v) is 3.25. The van der Waals surface area contributed by atoms with E-state index < -0.39 is 0 Å². The lowest BCUT2D eigenvalue weighted by Crippen LogP contribution is -2.28. The van der Waals surface area contributed by atoms with E-state index in [0.717, 1.165) is 29.6 Å². The number of furan rings is 1. The fourth-order valence-electron chi connectivity index (χ4n) is 2.06. The Morgan fingerprint density at radius 2 is 2.16 bits per heavy atom. The summed E-state index contributed by atoms with van der Waals surface area (Å²) in [5.41, 5.74) is 0.908. The zero-order chi connectivity index (χ0) is 13.1. The fraction of sp³-hybridized carbons (Fsp3) is 0.400. The van der Waals surface area contributed by atoms with Crippen molar-refractivity contribution < 1.29 is 9.21 Å². The summed E-state index contributed by atoms with van der Waals surface area (Å²) in [5.74, 6) is 1.04. The number of carbonyl (C=O) groups excluding carboxylic acids is 1. The molecule has 0 bridgehead atoms. The van der Waals surface area contributed by atoms with Crippen LogP contribution in [0.2, 0.25) is 0 Å². The first-order valence-electron chi connectivity index (χ1n) is 6.79. The Kier molecular flexibility index (Phi) is 3.51. The summed E-state index contributed by atoms with van der Waals surface area (Å²) < 4.78 is 5.69. The molecule has 2 aromatic rings. The van der Waals surface area contributed by atoms with Crippen LogP contribution >= 0.6 is 0 Å². The molecule has 0 aliphatic heterocycles. The standard InChI is InChI=1S/C15H18N2O2/c18-15(17-12-5-6-12)7-8-16-10-13-9-11-3-1-2-4-14(11)19-13/h1-4,9,12,16H,5-8,10H2,(H,17,18). The van der Waals surface area contributed by atoms with E-state index in [1.165, 1.54) is 0 Å². The van der Waals surface area contributed by atoms with Crippen molar-refractivity contribution in [2.24, 2.45) is 0 Å². The van der Waals surface area contributed by atoms with E-state index in [1.807, 2.05) is 30.3 Å². The molecule has 1 aromatic heterocycles.